The molecule has 122 valence electrons. The molecule has 0 fully saturated rings. The Hall–Kier alpha value is -3.71. The molecule has 0 saturated carbocycles. The van der Waals surface area contributed by atoms with Crippen molar-refractivity contribution in [3.63, 3.8) is 0 Å². The molecule has 2 heterocycles. The number of benzene rings is 1. The van der Waals surface area contributed by atoms with E-state index in [1.54, 1.807) is 41.4 Å². The molecule has 0 aliphatic carbocycles. The van der Waals surface area contributed by atoms with Gasteiger partial charge in [0.15, 0.2) is 0 Å². The van der Waals surface area contributed by atoms with Gasteiger partial charge in [0.1, 0.15) is 12.1 Å². The third-order valence-electron chi connectivity index (χ3n) is 3.91. The molecule has 1 aromatic carbocycles. The highest BCUT2D eigenvalue weighted by molar-refractivity contribution is 6.10. The molecule has 1 amide bonds. The molecule has 1 aliphatic heterocycles. The summed E-state index contributed by atoms with van der Waals surface area (Å²) >= 11 is 0. The second-order valence-corrected chi connectivity index (χ2v) is 5.43. The monoisotopic (exact) mass is 330 g/mol. The van der Waals surface area contributed by atoms with Gasteiger partial charge >= 0.3 is 0 Å². The number of pyridine rings is 1. The van der Waals surface area contributed by atoms with Crippen LogP contribution < -0.4 is 5.43 Å². The van der Waals surface area contributed by atoms with Crippen LogP contribution in [0.4, 0.5) is 5.69 Å². The van der Waals surface area contributed by atoms with E-state index in [9.17, 15) is 4.79 Å². The van der Waals surface area contributed by atoms with Gasteiger partial charge in [-0.05, 0) is 24.3 Å². The van der Waals surface area contributed by atoms with Crippen molar-refractivity contribution < 1.29 is 4.79 Å². The van der Waals surface area contributed by atoms with Crippen molar-refractivity contribution >= 4 is 17.3 Å². The zero-order valence-corrected chi connectivity index (χ0v) is 13.3. The predicted octanol–water partition coefficient (Wildman–Crippen LogP) is 2.10. The lowest BCUT2D eigenvalue weighted by molar-refractivity contribution is 0.0780. The van der Waals surface area contributed by atoms with Crippen LogP contribution in [-0.2, 0) is 13.0 Å². The van der Waals surface area contributed by atoms with Gasteiger partial charge in [0.2, 0.25) is 5.71 Å². The molecule has 7 heteroatoms. The van der Waals surface area contributed by atoms with Crippen molar-refractivity contribution in [3.8, 4) is 12.1 Å². The van der Waals surface area contributed by atoms with Crippen molar-refractivity contribution in [3.05, 3.63) is 59.4 Å². The Morgan fingerprint density at radius 1 is 1.24 bits per heavy atom. The van der Waals surface area contributed by atoms with E-state index in [1.807, 2.05) is 18.2 Å². The summed E-state index contributed by atoms with van der Waals surface area (Å²) < 4.78 is 0. The van der Waals surface area contributed by atoms with Crippen LogP contribution in [0.5, 0.6) is 0 Å². The molecule has 0 radical (unpaired) electrons. The van der Waals surface area contributed by atoms with Crippen molar-refractivity contribution in [1.82, 2.24) is 9.88 Å². The number of aromatic nitrogens is 1. The maximum Gasteiger partial charge on any atom is 0.254 e. The lowest BCUT2D eigenvalue weighted by Gasteiger charge is -2.15. The smallest absolute Gasteiger partial charge is 0.254 e. The fourth-order valence-corrected chi connectivity index (χ4v) is 2.66. The summed E-state index contributed by atoms with van der Waals surface area (Å²) in [4.78, 5) is 18.6. The lowest BCUT2D eigenvalue weighted by atomic mass is 10.1. The van der Waals surface area contributed by atoms with Gasteiger partial charge in [-0.2, -0.15) is 15.6 Å². The van der Waals surface area contributed by atoms with Crippen LogP contribution >= 0.6 is 0 Å². The number of amides is 1. The van der Waals surface area contributed by atoms with E-state index in [1.165, 1.54) is 0 Å². The van der Waals surface area contributed by atoms with Gasteiger partial charge in [-0.1, -0.05) is 12.1 Å². The summed E-state index contributed by atoms with van der Waals surface area (Å²) in [5.41, 5.74) is 5.42. The van der Waals surface area contributed by atoms with Crippen molar-refractivity contribution in [2.24, 2.45) is 5.10 Å². The van der Waals surface area contributed by atoms with E-state index in [0.717, 1.165) is 11.3 Å². The van der Waals surface area contributed by atoms with Gasteiger partial charge in [0.05, 0.1) is 5.69 Å². The highest BCUT2D eigenvalue weighted by atomic mass is 16.2. The summed E-state index contributed by atoms with van der Waals surface area (Å²) in [5, 5.41) is 21.3. The minimum Gasteiger partial charge on any atom is -0.334 e. The lowest BCUT2D eigenvalue weighted by Crippen LogP contribution is -2.26. The number of carbonyl (C=O) groups is 1. The number of hydrogen-bond acceptors (Lipinski definition) is 6. The van der Waals surface area contributed by atoms with E-state index >= 15 is 0 Å². The van der Waals surface area contributed by atoms with Crippen molar-refractivity contribution in [1.29, 1.82) is 10.5 Å². The van der Waals surface area contributed by atoms with Gasteiger partial charge in [-0.3, -0.25) is 15.2 Å². The van der Waals surface area contributed by atoms with E-state index in [-0.39, 0.29) is 11.6 Å². The van der Waals surface area contributed by atoms with Crippen LogP contribution in [0.25, 0.3) is 0 Å². The number of anilines is 1. The highest BCUT2D eigenvalue weighted by Crippen LogP contribution is 2.29. The molecular formula is C18H14N6O. The first kappa shape index (κ1) is 16.2. The topological polar surface area (TPSA) is 105 Å². The molecule has 0 spiro atoms. The number of hydrazone groups is 1. The number of nitriles is 2. The minimum atomic E-state index is -0.270. The number of nitrogens with one attached hydrogen (secondary N) is 1. The van der Waals surface area contributed by atoms with Gasteiger partial charge in [0, 0.05) is 42.5 Å². The van der Waals surface area contributed by atoms with E-state index in [2.05, 4.69) is 15.5 Å². The van der Waals surface area contributed by atoms with Crippen LogP contribution in [-0.4, -0.2) is 28.0 Å². The van der Waals surface area contributed by atoms with Crippen molar-refractivity contribution in [2.75, 3.05) is 12.0 Å². The Morgan fingerprint density at radius 3 is 2.80 bits per heavy atom. The molecule has 1 aromatic heterocycles. The molecule has 25 heavy (non-hydrogen) atoms. The first-order valence-corrected chi connectivity index (χ1v) is 7.68. The summed E-state index contributed by atoms with van der Waals surface area (Å²) in [6.07, 6.45) is 2.41. The summed E-state index contributed by atoms with van der Waals surface area (Å²) in [6.45, 7) is 1.02. The highest BCUT2D eigenvalue weighted by Gasteiger charge is 2.29. The van der Waals surface area contributed by atoms with Gasteiger partial charge in [-0.25, -0.2) is 0 Å². The number of hydrogen-bond donors (Lipinski definition) is 1. The average molecular weight is 330 g/mol. The summed E-state index contributed by atoms with van der Waals surface area (Å²) in [7, 11) is 0. The Morgan fingerprint density at radius 2 is 2.08 bits per heavy atom. The average Bonchev–Trinajstić information content (AvgIpc) is 2.98. The Bertz CT molecular complexity index is 891. The maximum atomic E-state index is 12.6. The molecular weight excluding hydrogens is 316 g/mol. The first-order chi connectivity index (χ1) is 12.2. The molecule has 0 bridgehead atoms. The quantitative estimate of drug-likeness (QED) is 0.667. The second-order valence-electron chi connectivity index (χ2n) is 5.43. The zero-order valence-electron chi connectivity index (χ0n) is 13.3. The fourth-order valence-electron chi connectivity index (χ4n) is 2.66. The molecule has 2 aromatic rings. The van der Waals surface area contributed by atoms with Crippen LogP contribution in [0.2, 0.25) is 0 Å². The molecule has 0 saturated heterocycles. The molecule has 0 atom stereocenters. The maximum absolute atomic E-state index is 12.6. The zero-order chi connectivity index (χ0) is 17.6. The summed E-state index contributed by atoms with van der Waals surface area (Å²) in [5.74, 6) is -0.0423. The van der Waals surface area contributed by atoms with Crippen LogP contribution in [0.3, 0.4) is 0 Å². The standard InChI is InChI=1S/C18H14N6O/c19-10-14(11-20)22-23-17-6-3-5-15-16(17)12-24(18(15)25)9-7-13-4-1-2-8-21-13/h1-6,8,23H,7,9,12H2. The Labute approximate surface area is 144 Å². The third kappa shape index (κ3) is 3.46. The van der Waals surface area contributed by atoms with E-state index < -0.39 is 0 Å². The Kier molecular flexibility index (Phi) is 4.68. The predicted molar refractivity (Wildman–Crippen MR) is 91.4 cm³/mol. The molecule has 1 aliphatic rings. The van der Waals surface area contributed by atoms with Crippen LogP contribution in [0.15, 0.2) is 47.7 Å². The SMILES string of the molecule is N#CC(C#N)=NNc1cccc2c1CN(CCc1ccccn1)C2=O. The number of fused-ring (bicyclic) bond motifs is 1. The first-order valence-electron chi connectivity index (χ1n) is 7.68. The third-order valence-corrected chi connectivity index (χ3v) is 3.91. The van der Waals surface area contributed by atoms with Gasteiger partial charge < -0.3 is 4.90 Å². The number of nitrogens with zero attached hydrogens (tertiary/aromatic N) is 5. The fraction of sp³-hybridized carbons (Fsp3) is 0.167. The van der Waals surface area contributed by atoms with Crippen LogP contribution in [0.1, 0.15) is 21.6 Å². The van der Waals surface area contributed by atoms with Crippen LogP contribution in [0, 0.1) is 22.7 Å². The second kappa shape index (κ2) is 7.24. The largest absolute Gasteiger partial charge is 0.334 e. The minimum absolute atomic E-state index is 0.0423. The van der Waals surface area contributed by atoms with E-state index in [0.29, 0.717) is 30.8 Å². The molecule has 3 rings (SSSR count). The van der Waals surface area contributed by atoms with Gasteiger partial charge in [-0.15, -0.1) is 0 Å². The van der Waals surface area contributed by atoms with E-state index in [4.69, 9.17) is 10.5 Å². The summed E-state index contributed by atoms with van der Waals surface area (Å²) in [6, 6.07) is 14.4. The van der Waals surface area contributed by atoms with Gasteiger partial charge in [0.25, 0.3) is 5.91 Å². The molecule has 1 N–H and O–H groups in total. The molecule has 0 unspecified atom stereocenters. The normalized spacial score (nSPS) is 12.1. The molecule has 7 nitrogen and oxygen atoms in total. The number of carbonyl (C=O) groups excluding carboxylic acids is 1. The Balaban J connectivity index is 1.75. The van der Waals surface area contributed by atoms with Crippen molar-refractivity contribution in [2.45, 2.75) is 13.0 Å². The number of rotatable bonds is 5.